The van der Waals surface area contributed by atoms with Gasteiger partial charge in [0.2, 0.25) is 5.91 Å². The molecule has 0 bridgehead atoms. The van der Waals surface area contributed by atoms with Gasteiger partial charge in [0.15, 0.2) is 0 Å². The summed E-state index contributed by atoms with van der Waals surface area (Å²) in [6.07, 6.45) is 5.44. The van der Waals surface area contributed by atoms with Crippen molar-refractivity contribution in [3.63, 3.8) is 0 Å². The van der Waals surface area contributed by atoms with E-state index in [1.807, 2.05) is 25.1 Å². The van der Waals surface area contributed by atoms with E-state index in [0.29, 0.717) is 18.0 Å². The van der Waals surface area contributed by atoms with Crippen molar-refractivity contribution in [2.45, 2.75) is 57.3 Å². The van der Waals surface area contributed by atoms with E-state index in [9.17, 15) is 9.59 Å². The molecule has 1 unspecified atom stereocenters. The fraction of sp³-hybridized carbons (Fsp3) is 0.579. The Balaban J connectivity index is 1.76. The number of ether oxygens (including phenoxy) is 2. The minimum Gasteiger partial charge on any atom is -0.492 e. The molecule has 0 heterocycles. The van der Waals surface area contributed by atoms with Gasteiger partial charge in [-0.05, 0) is 51.7 Å². The number of anilines is 1. The molecule has 1 atom stereocenters. The Morgan fingerprint density at radius 1 is 1.24 bits per heavy atom. The highest BCUT2D eigenvalue weighted by molar-refractivity contribution is 8.01. The lowest BCUT2D eigenvalue weighted by molar-refractivity contribution is -0.149. The summed E-state index contributed by atoms with van der Waals surface area (Å²) in [4.78, 5) is 24.3. The third kappa shape index (κ3) is 6.61. The van der Waals surface area contributed by atoms with Crippen molar-refractivity contribution in [3.8, 4) is 5.75 Å². The largest absolute Gasteiger partial charge is 0.492 e. The van der Waals surface area contributed by atoms with Crippen LogP contribution in [0.4, 0.5) is 5.69 Å². The molecule has 2 rings (SSSR count). The lowest BCUT2D eigenvalue weighted by atomic mass is 9.98. The summed E-state index contributed by atoms with van der Waals surface area (Å²) in [5.74, 6) is 0.462. The third-order valence-corrected chi connectivity index (χ3v) is 5.21. The Morgan fingerprint density at radius 3 is 2.68 bits per heavy atom. The van der Waals surface area contributed by atoms with Crippen LogP contribution < -0.4 is 10.1 Å². The molecular formula is C19H27NO4S. The second-order valence-corrected chi connectivity index (χ2v) is 7.46. The van der Waals surface area contributed by atoms with Gasteiger partial charge in [0, 0.05) is 0 Å². The molecule has 138 valence electrons. The first-order valence-electron chi connectivity index (χ1n) is 8.94. The van der Waals surface area contributed by atoms with E-state index in [2.05, 4.69) is 5.32 Å². The highest BCUT2D eigenvalue weighted by atomic mass is 32.2. The van der Waals surface area contributed by atoms with Crippen LogP contribution in [0.2, 0.25) is 0 Å². The number of rotatable bonds is 8. The van der Waals surface area contributed by atoms with Crippen LogP contribution in [-0.2, 0) is 14.3 Å². The summed E-state index contributed by atoms with van der Waals surface area (Å²) < 4.78 is 11.0. The topological polar surface area (TPSA) is 64.6 Å². The van der Waals surface area contributed by atoms with Crippen LogP contribution in [0.5, 0.6) is 5.75 Å². The molecule has 0 aromatic heterocycles. The van der Waals surface area contributed by atoms with Crippen molar-refractivity contribution in [2.24, 2.45) is 0 Å². The quantitative estimate of drug-likeness (QED) is 0.705. The summed E-state index contributed by atoms with van der Waals surface area (Å²) in [5, 5.41) is 2.48. The molecule has 0 aliphatic heterocycles. The lowest BCUT2D eigenvalue weighted by Crippen LogP contribution is -2.27. The van der Waals surface area contributed by atoms with Gasteiger partial charge in [-0.1, -0.05) is 18.6 Å². The van der Waals surface area contributed by atoms with Gasteiger partial charge in [-0.25, -0.2) is 0 Å². The van der Waals surface area contributed by atoms with Gasteiger partial charge in [0.05, 0.1) is 18.0 Å². The van der Waals surface area contributed by atoms with Crippen LogP contribution in [0.1, 0.15) is 46.0 Å². The maximum Gasteiger partial charge on any atom is 0.319 e. The molecule has 1 aromatic carbocycles. The molecule has 1 fully saturated rings. The maximum absolute atomic E-state index is 12.1. The SMILES string of the molecule is CCOc1ccccc1NC(=O)CSC(C)C(=O)OC1CCCCC1. The van der Waals surface area contributed by atoms with Gasteiger partial charge in [-0.2, -0.15) is 0 Å². The fourth-order valence-corrected chi connectivity index (χ4v) is 3.41. The summed E-state index contributed by atoms with van der Waals surface area (Å²) in [6, 6.07) is 7.32. The molecule has 1 saturated carbocycles. The smallest absolute Gasteiger partial charge is 0.319 e. The fourth-order valence-electron chi connectivity index (χ4n) is 2.75. The van der Waals surface area contributed by atoms with E-state index in [0.717, 1.165) is 25.7 Å². The van der Waals surface area contributed by atoms with E-state index in [1.54, 1.807) is 13.0 Å². The van der Waals surface area contributed by atoms with Crippen LogP contribution >= 0.6 is 11.8 Å². The number of benzene rings is 1. The first-order chi connectivity index (χ1) is 12.1. The van der Waals surface area contributed by atoms with Crippen molar-refractivity contribution in [3.05, 3.63) is 24.3 Å². The second kappa shape index (κ2) is 10.3. The average Bonchev–Trinajstić information content (AvgIpc) is 2.62. The number of carbonyl (C=O) groups is 2. The number of hydrogen-bond acceptors (Lipinski definition) is 5. The van der Waals surface area contributed by atoms with Crippen LogP contribution in [0.25, 0.3) is 0 Å². The Labute approximate surface area is 153 Å². The van der Waals surface area contributed by atoms with Crippen LogP contribution in [0, 0.1) is 0 Å². The molecular weight excluding hydrogens is 338 g/mol. The van der Waals surface area contributed by atoms with Crippen molar-refractivity contribution in [1.82, 2.24) is 0 Å². The van der Waals surface area contributed by atoms with E-state index in [-0.39, 0.29) is 29.0 Å². The zero-order chi connectivity index (χ0) is 18.1. The molecule has 1 N–H and O–H groups in total. The predicted molar refractivity (Wildman–Crippen MR) is 101 cm³/mol. The van der Waals surface area contributed by atoms with Gasteiger partial charge in [-0.3, -0.25) is 9.59 Å². The number of amides is 1. The molecule has 1 aliphatic carbocycles. The van der Waals surface area contributed by atoms with E-state index in [4.69, 9.17) is 9.47 Å². The van der Waals surface area contributed by atoms with Crippen LogP contribution in [0.15, 0.2) is 24.3 Å². The maximum atomic E-state index is 12.1. The first kappa shape index (κ1) is 19.6. The highest BCUT2D eigenvalue weighted by Gasteiger charge is 2.22. The minimum absolute atomic E-state index is 0.0520. The van der Waals surface area contributed by atoms with Gasteiger partial charge in [0.1, 0.15) is 17.1 Å². The Hall–Kier alpha value is -1.69. The summed E-state index contributed by atoms with van der Waals surface area (Å²) in [7, 11) is 0. The standard InChI is InChI=1S/C19H27NO4S/c1-3-23-17-12-8-7-11-16(17)20-18(21)13-25-14(2)19(22)24-15-9-5-4-6-10-15/h7-8,11-12,14-15H,3-6,9-10,13H2,1-2H3,(H,20,21). The second-order valence-electron chi connectivity index (χ2n) is 6.13. The zero-order valence-electron chi connectivity index (χ0n) is 15.0. The Kier molecular flexibility index (Phi) is 8.12. The van der Waals surface area contributed by atoms with Crippen molar-refractivity contribution < 1.29 is 19.1 Å². The molecule has 0 spiro atoms. The lowest BCUT2D eigenvalue weighted by Gasteiger charge is -2.23. The van der Waals surface area contributed by atoms with Gasteiger partial charge in [-0.15, -0.1) is 11.8 Å². The van der Waals surface area contributed by atoms with Crippen LogP contribution in [0.3, 0.4) is 0 Å². The average molecular weight is 365 g/mol. The van der Waals surface area contributed by atoms with E-state index in [1.165, 1.54) is 18.2 Å². The van der Waals surface area contributed by atoms with Gasteiger partial charge in [0.25, 0.3) is 0 Å². The molecule has 0 saturated heterocycles. The minimum atomic E-state index is -0.352. The summed E-state index contributed by atoms with van der Waals surface area (Å²) in [6.45, 7) is 4.22. The normalized spacial score (nSPS) is 16.1. The van der Waals surface area contributed by atoms with E-state index < -0.39 is 0 Å². The van der Waals surface area contributed by atoms with Gasteiger partial charge >= 0.3 is 5.97 Å². The van der Waals surface area contributed by atoms with Crippen molar-refractivity contribution in [2.75, 3.05) is 17.7 Å². The summed E-state index contributed by atoms with van der Waals surface area (Å²) in [5.41, 5.74) is 0.646. The molecule has 1 aromatic rings. The summed E-state index contributed by atoms with van der Waals surface area (Å²) >= 11 is 1.29. The highest BCUT2D eigenvalue weighted by Crippen LogP contribution is 2.25. The van der Waals surface area contributed by atoms with E-state index >= 15 is 0 Å². The third-order valence-electron chi connectivity index (χ3n) is 4.09. The van der Waals surface area contributed by atoms with Crippen LogP contribution in [-0.4, -0.2) is 35.6 Å². The molecule has 25 heavy (non-hydrogen) atoms. The number of hydrogen-bond donors (Lipinski definition) is 1. The molecule has 5 nitrogen and oxygen atoms in total. The van der Waals surface area contributed by atoms with Crippen molar-refractivity contribution >= 4 is 29.3 Å². The predicted octanol–water partition coefficient (Wildman–Crippen LogP) is 4.02. The molecule has 1 amide bonds. The monoisotopic (exact) mass is 365 g/mol. The zero-order valence-corrected chi connectivity index (χ0v) is 15.8. The molecule has 0 radical (unpaired) electrons. The number of thioether (sulfide) groups is 1. The van der Waals surface area contributed by atoms with Gasteiger partial charge < -0.3 is 14.8 Å². The number of carbonyl (C=O) groups excluding carboxylic acids is 2. The number of nitrogens with one attached hydrogen (secondary N) is 1. The molecule has 1 aliphatic rings. The first-order valence-corrected chi connectivity index (χ1v) is 9.98. The Morgan fingerprint density at radius 2 is 1.96 bits per heavy atom. The van der Waals surface area contributed by atoms with Crippen molar-refractivity contribution in [1.29, 1.82) is 0 Å². The molecule has 6 heteroatoms. The number of esters is 1. The number of para-hydroxylation sites is 2. The Bertz CT molecular complexity index is 572.